The minimum Gasteiger partial charge on any atom is -0.467 e. The molecule has 1 aromatic rings. The van der Waals surface area contributed by atoms with E-state index in [0.29, 0.717) is 5.56 Å². The van der Waals surface area contributed by atoms with Crippen LogP contribution in [0.25, 0.3) is 0 Å². The van der Waals surface area contributed by atoms with Gasteiger partial charge in [0.2, 0.25) is 0 Å². The molecule has 0 bridgehead atoms. The summed E-state index contributed by atoms with van der Waals surface area (Å²) in [4.78, 5) is 11.8. The molecule has 0 fully saturated rings. The van der Waals surface area contributed by atoms with E-state index in [1.54, 1.807) is 18.2 Å². The Morgan fingerprint density at radius 2 is 2.06 bits per heavy atom. The zero-order valence-corrected chi connectivity index (χ0v) is 10.2. The maximum atomic E-state index is 11.9. The molecule has 1 aliphatic heterocycles. The summed E-state index contributed by atoms with van der Waals surface area (Å²) in [6.07, 6.45) is 0.0407. The maximum absolute atomic E-state index is 11.9. The minimum atomic E-state index is -3.34. The second kappa shape index (κ2) is 3.82. The molecule has 0 saturated carbocycles. The molecule has 1 unspecified atom stereocenters. The highest BCUT2D eigenvalue weighted by Crippen LogP contribution is 2.35. The van der Waals surface area contributed by atoms with Crippen LogP contribution < -0.4 is 5.73 Å². The first-order valence-corrected chi connectivity index (χ1v) is 6.76. The van der Waals surface area contributed by atoms with E-state index in [9.17, 15) is 13.2 Å². The molecule has 92 valence electrons. The van der Waals surface area contributed by atoms with Crippen molar-refractivity contribution in [3.8, 4) is 0 Å². The monoisotopic (exact) mass is 255 g/mol. The Morgan fingerprint density at radius 3 is 2.71 bits per heavy atom. The van der Waals surface area contributed by atoms with Gasteiger partial charge in [-0.3, -0.25) is 0 Å². The molecule has 5 nitrogen and oxygen atoms in total. The van der Waals surface area contributed by atoms with Crippen LogP contribution in [0.5, 0.6) is 0 Å². The van der Waals surface area contributed by atoms with Crippen molar-refractivity contribution in [2.24, 2.45) is 5.73 Å². The molecular weight excluding hydrogens is 242 g/mol. The van der Waals surface area contributed by atoms with Crippen LogP contribution >= 0.6 is 0 Å². The number of rotatable bonds is 1. The van der Waals surface area contributed by atoms with E-state index in [0.717, 1.165) is 0 Å². The lowest BCUT2D eigenvalue weighted by atomic mass is 9.88. The predicted molar refractivity (Wildman–Crippen MR) is 61.0 cm³/mol. The summed E-state index contributed by atoms with van der Waals surface area (Å²) >= 11 is 0. The van der Waals surface area contributed by atoms with Gasteiger partial charge < -0.3 is 10.5 Å². The number of benzene rings is 1. The SMILES string of the molecule is COC(=O)C1(N)CCS(=O)(=O)c2ccccc21. The van der Waals surface area contributed by atoms with Gasteiger partial charge >= 0.3 is 5.97 Å². The maximum Gasteiger partial charge on any atom is 0.330 e. The third-order valence-corrected chi connectivity index (χ3v) is 4.79. The first kappa shape index (κ1) is 12.1. The lowest BCUT2D eigenvalue weighted by molar-refractivity contribution is -0.147. The fourth-order valence-corrected chi connectivity index (χ4v) is 3.72. The summed E-state index contributed by atoms with van der Waals surface area (Å²) in [5, 5.41) is 0. The summed E-state index contributed by atoms with van der Waals surface area (Å²) in [5.41, 5.74) is 4.96. The fraction of sp³-hybridized carbons (Fsp3) is 0.364. The number of hydrogen-bond donors (Lipinski definition) is 1. The van der Waals surface area contributed by atoms with Crippen LogP contribution in [0, 0.1) is 0 Å². The molecule has 2 rings (SSSR count). The Hall–Kier alpha value is -1.40. The van der Waals surface area contributed by atoms with Crippen molar-refractivity contribution in [2.75, 3.05) is 12.9 Å². The average Bonchev–Trinajstić information content (AvgIpc) is 2.34. The van der Waals surface area contributed by atoms with E-state index in [1.165, 1.54) is 13.2 Å². The zero-order chi connectivity index (χ0) is 12.7. The smallest absolute Gasteiger partial charge is 0.330 e. The number of fused-ring (bicyclic) bond motifs is 1. The third-order valence-electron chi connectivity index (χ3n) is 3.02. The number of sulfone groups is 1. The summed E-state index contributed by atoms with van der Waals surface area (Å²) in [6.45, 7) is 0. The molecule has 1 aliphatic rings. The van der Waals surface area contributed by atoms with Crippen LogP contribution in [0.4, 0.5) is 0 Å². The lowest BCUT2D eigenvalue weighted by Gasteiger charge is -2.32. The summed E-state index contributed by atoms with van der Waals surface area (Å²) in [6, 6.07) is 6.29. The van der Waals surface area contributed by atoms with Crippen molar-refractivity contribution in [3.63, 3.8) is 0 Å². The number of carbonyl (C=O) groups excluding carboxylic acids is 1. The molecule has 6 heteroatoms. The number of ether oxygens (including phenoxy) is 1. The highest BCUT2D eigenvalue weighted by molar-refractivity contribution is 7.91. The van der Waals surface area contributed by atoms with Gasteiger partial charge in [0.25, 0.3) is 0 Å². The van der Waals surface area contributed by atoms with E-state index in [2.05, 4.69) is 4.74 Å². The number of methoxy groups -OCH3 is 1. The lowest BCUT2D eigenvalue weighted by Crippen LogP contribution is -2.50. The standard InChI is InChI=1S/C11H13NO4S/c1-16-10(13)11(12)6-7-17(14,15)9-5-3-2-4-8(9)11/h2-5H,6-7,12H2,1H3. The molecule has 1 atom stereocenters. The van der Waals surface area contributed by atoms with Crippen molar-refractivity contribution >= 4 is 15.8 Å². The van der Waals surface area contributed by atoms with E-state index >= 15 is 0 Å². The molecule has 2 N–H and O–H groups in total. The summed E-state index contributed by atoms with van der Waals surface area (Å²) < 4.78 is 28.4. The molecule has 0 aromatic heterocycles. The molecule has 0 spiro atoms. The molecule has 1 aromatic carbocycles. The Kier molecular flexibility index (Phi) is 2.71. The van der Waals surface area contributed by atoms with Crippen molar-refractivity contribution in [1.29, 1.82) is 0 Å². The third kappa shape index (κ3) is 1.73. The normalized spacial score (nSPS) is 26.0. The van der Waals surface area contributed by atoms with E-state index in [1.807, 2.05) is 0 Å². The fourth-order valence-electron chi connectivity index (χ4n) is 2.04. The van der Waals surface area contributed by atoms with Crippen molar-refractivity contribution in [2.45, 2.75) is 16.9 Å². The first-order chi connectivity index (χ1) is 7.92. The highest BCUT2D eigenvalue weighted by Gasteiger charge is 2.45. The number of nitrogens with two attached hydrogens (primary N) is 1. The molecule has 0 radical (unpaired) electrons. The largest absolute Gasteiger partial charge is 0.467 e. The van der Waals surface area contributed by atoms with Gasteiger partial charge in [-0.25, -0.2) is 13.2 Å². The zero-order valence-electron chi connectivity index (χ0n) is 9.34. The predicted octanol–water partition coefficient (Wildman–Crippen LogP) is 0.191. The first-order valence-electron chi connectivity index (χ1n) is 5.11. The van der Waals surface area contributed by atoms with Gasteiger partial charge in [0.1, 0.15) is 5.54 Å². The van der Waals surface area contributed by atoms with Gasteiger partial charge in [-0.2, -0.15) is 0 Å². The Balaban J connectivity index is 2.68. The van der Waals surface area contributed by atoms with E-state index in [-0.39, 0.29) is 17.1 Å². The number of hydrogen-bond acceptors (Lipinski definition) is 5. The second-order valence-electron chi connectivity index (χ2n) is 4.03. The quantitative estimate of drug-likeness (QED) is 0.724. The van der Waals surface area contributed by atoms with Crippen LogP contribution in [0.1, 0.15) is 12.0 Å². The van der Waals surface area contributed by atoms with Gasteiger partial charge in [0.15, 0.2) is 9.84 Å². The van der Waals surface area contributed by atoms with Crippen molar-refractivity contribution in [1.82, 2.24) is 0 Å². The Morgan fingerprint density at radius 1 is 1.41 bits per heavy atom. The number of carbonyl (C=O) groups is 1. The summed E-state index contributed by atoms with van der Waals surface area (Å²) in [7, 11) is -2.10. The minimum absolute atomic E-state index is 0.0407. The van der Waals surface area contributed by atoms with Crippen molar-refractivity contribution < 1.29 is 17.9 Å². The van der Waals surface area contributed by atoms with Gasteiger partial charge in [-0.05, 0) is 12.5 Å². The molecule has 0 amide bonds. The number of esters is 1. The molecule has 17 heavy (non-hydrogen) atoms. The average molecular weight is 255 g/mol. The molecule has 1 heterocycles. The summed E-state index contributed by atoms with van der Waals surface area (Å²) in [5.74, 6) is -0.754. The van der Waals surface area contributed by atoms with Crippen LogP contribution in [0.3, 0.4) is 0 Å². The van der Waals surface area contributed by atoms with Crippen LogP contribution in [-0.4, -0.2) is 27.2 Å². The van der Waals surface area contributed by atoms with Gasteiger partial charge in [0.05, 0.1) is 17.8 Å². The van der Waals surface area contributed by atoms with E-state index in [4.69, 9.17) is 5.73 Å². The highest BCUT2D eigenvalue weighted by atomic mass is 32.2. The molecule has 0 aliphatic carbocycles. The van der Waals surface area contributed by atoms with Gasteiger partial charge in [-0.1, -0.05) is 18.2 Å². The topological polar surface area (TPSA) is 86.5 Å². The van der Waals surface area contributed by atoms with Crippen LogP contribution in [0.15, 0.2) is 29.2 Å². The van der Waals surface area contributed by atoms with E-state index < -0.39 is 21.3 Å². The second-order valence-corrected chi connectivity index (χ2v) is 6.11. The van der Waals surface area contributed by atoms with Crippen molar-refractivity contribution in [3.05, 3.63) is 29.8 Å². The van der Waals surface area contributed by atoms with Gasteiger partial charge in [0, 0.05) is 5.56 Å². The molecule has 0 saturated heterocycles. The van der Waals surface area contributed by atoms with Crippen LogP contribution in [-0.2, 0) is 24.9 Å². The van der Waals surface area contributed by atoms with Gasteiger partial charge in [-0.15, -0.1) is 0 Å². The Labute approximate surface area is 99.5 Å². The molecular formula is C11H13NO4S. The van der Waals surface area contributed by atoms with Crippen LogP contribution in [0.2, 0.25) is 0 Å². The Bertz CT molecular complexity index is 567.